The van der Waals surface area contributed by atoms with Crippen molar-refractivity contribution in [3.63, 3.8) is 0 Å². The molecule has 0 spiro atoms. The van der Waals surface area contributed by atoms with Gasteiger partial charge in [0.15, 0.2) is 0 Å². The molecular formula is C15H13Cl2NO2S. The van der Waals surface area contributed by atoms with E-state index in [1.165, 1.54) is 0 Å². The van der Waals surface area contributed by atoms with Crippen LogP contribution in [0, 0.1) is 0 Å². The first-order chi connectivity index (χ1) is 9.99. The van der Waals surface area contributed by atoms with Crippen LogP contribution in [0.3, 0.4) is 0 Å². The molecule has 0 unspecified atom stereocenters. The molecule has 0 fully saturated rings. The minimum atomic E-state index is 0.277. The SMILES string of the molecule is COc1cc(OCc2cc(Cl)ccc2Cl)cc(C(N)=S)c1. The average molecular weight is 342 g/mol. The number of methoxy groups -OCH3 is 1. The zero-order valence-electron chi connectivity index (χ0n) is 11.2. The topological polar surface area (TPSA) is 44.5 Å². The molecule has 0 saturated carbocycles. The van der Waals surface area contributed by atoms with E-state index >= 15 is 0 Å². The monoisotopic (exact) mass is 341 g/mol. The maximum Gasteiger partial charge on any atom is 0.124 e. The Balaban J connectivity index is 2.21. The van der Waals surface area contributed by atoms with Crippen LogP contribution in [0.1, 0.15) is 11.1 Å². The number of hydrogen-bond acceptors (Lipinski definition) is 3. The molecule has 0 aromatic heterocycles. The first-order valence-electron chi connectivity index (χ1n) is 6.05. The Morgan fingerprint density at radius 2 is 1.86 bits per heavy atom. The summed E-state index contributed by atoms with van der Waals surface area (Å²) >= 11 is 17.0. The second kappa shape index (κ2) is 6.98. The molecule has 0 bridgehead atoms. The summed E-state index contributed by atoms with van der Waals surface area (Å²) in [5, 5.41) is 1.20. The molecule has 2 rings (SSSR count). The van der Waals surface area contributed by atoms with E-state index in [2.05, 4.69) is 0 Å². The fourth-order valence-electron chi connectivity index (χ4n) is 1.73. The number of rotatable bonds is 5. The van der Waals surface area contributed by atoms with Crippen LogP contribution in [0.15, 0.2) is 36.4 Å². The summed E-state index contributed by atoms with van der Waals surface area (Å²) in [7, 11) is 1.57. The van der Waals surface area contributed by atoms with Gasteiger partial charge in [0.1, 0.15) is 23.1 Å². The van der Waals surface area contributed by atoms with E-state index in [0.29, 0.717) is 27.1 Å². The molecule has 0 heterocycles. The van der Waals surface area contributed by atoms with E-state index < -0.39 is 0 Å². The lowest BCUT2D eigenvalue weighted by atomic mass is 10.2. The van der Waals surface area contributed by atoms with Crippen molar-refractivity contribution in [1.82, 2.24) is 0 Å². The number of thiocarbonyl (C=S) groups is 1. The summed E-state index contributed by atoms with van der Waals surface area (Å²) < 4.78 is 10.9. The van der Waals surface area contributed by atoms with Crippen molar-refractivity contribution in [2.45, 2.75) is 6.61 Å². The van der Waals surface area contributed by atoms with Crippen LogP contribution in [0.4, 0.5) is 0 Å². The molecule has 110 valence electrons. The van der Waals surface area contributed by atoms with E-state index in [1.54, 1.807) is 43.5 Å². The molecule has 0 aliphatic heterocycles. The van der Waals surface area contributed by atoms with Crippen molar-refractivity contribution in [2.24, 2.45) is 5.73 Å². The molecule has 0 amide bonds. The summed E-state index contributed by atoms with van der Waals surface area (Å²) in [5.74, 6) is 1.21. The maximum atomic E-state index is 6.10. The minimum Gasteiger partial charge on any atom is -0.497 e. The van der Waals surface area contributed by atoms with E-state index in [-0.39, 0.29) is 11.6 Å². The standard InChI is InChI=1S/C15H13Cl2NO2S/c1-19-12-5-9(15(18)21)6-13(7-12)20-8-10-4-11(16)2-3-14(10)17/h2-7H,8H2,1H3,(H2,18,21). The summed E-state index contributed by atoms with van der Waals surface area (Å²) in [4.78, 5) is 0.277. The Hall–Kier alpha value is -1.49. The Bertz CT molecular complexity index is 677. The van der Waals surface area contributed by atoms with Crippen LogP contribution in [0.5, 0.6) is 11.5 Å². The molecule has 0 atom stereocenters. The molecule has 0 aliphatic carbocycles. The number of halogens is 2. The fraction of sp³-hybridized carbons (Fsp3) is 0.133. The number of benzene rings is 2. The number of ether oxygens (including phenoxy) is 2. The lowest BCUT2D eigenvalue weighted by molar-refractivity contribution is 0.303. The van der Waals surface area contributed by atoms with E-state index in [0.717, 1.165) is 5.56 Å². The van der Waals surface area contributed by atoms with E-state index in [9.17, 15) is 0 Å². The molecule has 21 heavy (non-hydrogen) atoms. The molecule has 0 aliphatic rings. The van der Waals surface area contributed by atoms with Crippen LogP contribution in [0.2, 0.25) is 10.0 Å². The molecule has 2 N–H and O–H groups in total. The second-order valence-electron chi connectivity index (χ2n) is 4.29. The normalized spacial score (nSPS) is 10.2. The number of nitrogens with two attached hydrogens (primary N) is 1. The second-order valence-corrected chi connectivity index (χ2v) is 5.57. The summed E-state index contributed by atoms with van der Waals surface area (Å²) in [6, 6.07) is 10.5. The molecule has 6 heteroatoms. The van der Waals surface area contributed by atoms with Gasteiger partial charge in [-0.3, -0.25) is 0 Å². The smallest absolute Gasteiger partial charge is 0.124 e. The third-order valence-electron chi connectivity index (χ3n) is 2.80. The Kier molecular flexibility index (Phi) is 5.28. The highest BCUT2D eigenvalue weighted by Crippen LogP contribution is 2.26. The third-order valence-corrected chi connectivity index (χ3v) is 3.64. The first kappa shape index (κ1) is 15.9. The first-order valence-corrected chi connectivity index (χ1v) is 7.21. The van der Waals surface area contributed by atoms with Crippen LogP contribution >= 0.6 is 35.4 Å². The van der Waals surface area contributed by atoms with Gasteiger partial charge in [-0.15, -0.1) is 0 Å². The van der Waals surface area contributed by atoms with E-state index in [4.69, 9.17) is 50.6 Å². The van der Waals surface area contributed by atoms with Crippen molar-refractivity contribution >= 4 is 40.4 Å². The van der Waals surface area contributed by atoms with Gasteiger partial charge < -0.3 is 15.2 Å². The molecule has 0 radical (unpaired) electrons. The minimum absolute atomic E-state index is 0.277. The predicted molar refractivity (Wildman–Crippen MR) is 89.7 cm³/mol. The lowest BCUT2D eigenvalue weighted by Crippen LogP contribution is -2.10. The van der Waals surface area contributed by atoms with Crippen molar-refractivity contribution in [3.05, 3.63) is 57.6 Å². The highest BCUT2D eigenvalue weighted by molar-refractivity contribution is 7.80. The van der Waals surface area contributed by atoms with Crippen LogP contribution in [-0.4, -0.2) is 12.1 Å². The fourth-order valence-corrected chi connectivity index (χ4v) is 2.21. The summed E-state index contributed by atoms with van der Waals surface area (Å²) in [6.07, 6.45) is 0. The lowest BCUT2D eigenvalue weighted by Gasteiger charge is -2.11. The largest absolute Gasteiger partial charge is 0.497 e. The highest BCUT2D eigenvalue weighted by Gasteiger charge is 2.07. The average Bonchev–Trinajstić information content (AvgIpc) is 2.47. The van der Waals surface area contributed by atoms with Crippen molar-refractivity contribution in [2.75, 3.05) is 7.11 Å². The zero-order valence-corrected chi connectivity index (χ0v) is 13.6. The van der Waals surface area contributed by atoms with Gasteiger partial charge in [0, 0.05) is 27.2 Å². The Morgan fingerprint density at radius 3 is 2.52 bits per heavy atom. The molecule has 3 nitrogen and oxygen atoms in total. The van der Waals surface area contributed by atoms with Gasteiger partial charge in [0.2, 0.25) is 0 Å². The van der Waals surface area contributed by atoms with Gasteiger partial charge >= 0.3 is 0 Å². The van der Waals surface area contributed by atoms with Gasteiger partial charge in [0.05, 0.1) is 7.11 Å². The molecular weight excluding hydrogens is 329 g/mol. The van der Waals surface area contributed by atoms with Crippen LogP contribution < -0.4 is 15.2 Å². The van der Waals surface area contributed by atoms with Gasteiger partial charge in [-0.05, 0) is 30.3 Å². The highest BCUT2D eigenvalue weighted by atomic mass is 35.5. The third kappa shape index (κ3) is 4.24. The quantitative estimate of drug-likeness (QED) is 0.827. The van der Waals surface area contributed by atoms with Crippen molar-refractivity contribution < 1.29 is 9.47 Å². The van der Waals surface area contributed by atoms with Gasteiger partial charge in [-0.1, -0.05) is 35.4 Å². The van der Waals surface area contributed by atoms with E-state index in [1.807, 2.05) is 0 Å². The van der Waals surface area contributed by atoms with Crippen molar-refractivity contribution in [3.8, 4) is 11.5 Å². The summed E-state index contributed by atoms with van der Waals surface area (Å²) in [6.45, 7) is 0.281. The molecule has 2 aromatic rings. The Labute approximate surface area is 138 Å². The number of hydrogen-bond donors (Lipinski definition) is 1. The van der Waals surface area contributed by atoms with Crippen LogP contribution in [0.25, 0.3) is 0 Å². The molecule has 0 saturated heterocycles. The summed E-state index contributed by atoms with van der Waals surface area (Å²) in [5.41, 5.74) is 7.11. The predicted octanol–water partition coefficient (Wildman–Crippen LogP) is 4.22. The maximum absolute atomic E-state index is 6.10. The molecule has 2 aromatic carbocycles. The Morgan fingerprint density at radius 1 is 1.14 bits per heavy atom. The van der Waals surface area contributed by atoms with Gasteiger partial charge in [-0.25, -0.2) is 0 Å². The van der Waals surface area contributed by atoms with Gasteiger partial charge in [0.25, 0.3) is 0 Å². The zero-order chi connectivity index (χ0) is 15.4. The van der Waals surface area contributed by atoms with Gasteiger partial charge in [-0.2, -0.15) is 0 Å². The van der Waals surface area contributed by atoms with Crippen molar-refractivity contribution in [1.29, 1.82) is 0 Å². The van der Waals surface area contributed by atoms with Crippen LogP contribution in [-0.2, 0) is 6.61 Å².